The Morgan fingerprint density at radius 1 is 1.20 bits per heavy atom. The van der Waals surface area contributed by atoms with E-state index in [0.717, 1.165) is 10.1 Å². The molecule has 0 spiro atoms. The van der Waals surface area contributed by atoms with Crippen LogP contribution in [0.3, 0.4) is 0 Å². The summed E-state index contributed by atoms with van der Waals surface area (Å²) < 4.78 is 8.99. The zero-order valence-corrected chi connectivity index (χ0v) is 14.4. The summed E-state index contributed by atoms with van der Waals surface area (Å²) in [5.41, 5.74) is 0.875. The minimum absolute atomic E-state index is 0.0796. The van der Waals surface area contributed by atoms with E-state index in [9.17, 15) is 14.4 Å². The topological polar surface area (TPSA) is 88.1 Å². The van der Waals surface area contributed by atoms with Gasteiger partial charge in [-0.3, -0.25) is 18.7 Å². The van der Waals surface area contributed by atoms with E-state index in [1.165, 1.54) is 36.7 Å². The van der Waals surface area contributed by atoms with E-state index in [2.05, 4.69) is 4.98 Å². The average molecular weight is 342 g/mol. The molecule has 0 aliphatic rings. The zero-order valence-electron chi connectivity index (χ0n) is 14.4. The van der Waals surface area contributed by atoms with E-state index in [1.54, 1.807) is 12.1 Å². The third-order valence-electron chi connectivity index (χ3n) is 4.19. The summed E-state index contributed by atoms with van der Waals surface area (Å²) in [5, 5.41) is 0. The van der Waals surface area contributed by atoms with Crippen molar-refractivity contribution in [3.63, 3.8) is 0 Å². The van der Waals surface area contributed by atoms with E-state index in [-0.39, 0.29) is 23.5 Å². The fourth-order valence-electron chi connectivity index (χ4n) is 2.80. The van der Waals surface area contributed by atoms with Gasteiger partial charge in [0.1, 0.15) is 5.75 Å². The highest BCUT2D eigenvalue weighted by atomic mass is 16.5. The molecule has 0 N–H and O–H groups in total. The molecule has 0 fully saturated rings. The van der Waals surface area contributed by atoms with E-state index in [4.69, 9.17) is 4.74 Å². The lowest BCUT2D eigenvalue weighted by molar-refractivity contribution is 0.0970. The molecule has 0 saturated heterocycles. The normalized spacial score (nSPS) is 11.0. The third kappa shape index (κ3) is 2.65. The number of rotatable bonds is 4. The van der Waals surface area contributed by atoms with Gasteiger partial charge >= 0.3 is 5.69 Å². The predicted molar refractivity (Wildman–Crippen MR) is 92.3 cm³/mol. The number of carbonyl (C=O) groups excluding carboxylic acids is 1. The molecule has 0 bridgehead atoms. The number of benzene rings is 1. The lowest BCUT2D eigenvalue weighted by Gasteiger charge is -2.10. The third-order valence-corrected chi connectivity index (χ3v) is 4.19. The highest BCUT2D eigenvalue weighted by Crippen LogP contribution is 2.21. The number of ether oxygens (including phenoxy) is 1. The Morgan fingerprint density at radius 3 is 2.60 bits per heavy atom. The molecule has 3 rings (SSSR count). The van der Waals surface area contributed by atoms with Crippen LogP contribution in [0.1, 0.15) is 15.9 Å². The second-order valence-electron chi connectivity index (χ2n) is 5.88. The van der Waals surface area contributed by atoms with Gasteiger partial charge in [0.25, 0.3) is 5.56 Å². The van der Waals surface area contributed by atoms with Gasteiger partial charge in [-0.05, 0) is 19.1 Å². The van der Waals surface area contributed by atoms with Crippen LogP contribution in [0.15, 0.2) is 34.1 Å². The van der Waals surface area contributed by atoms with Crippen molar-refractivity contribution in [1.29, 1.82) is 0 Å². The number of imidazole rings is 1. The molecule has 0 saturated carbocycles. The van der Waals surface area contributed by atoms with Gasteiger partial charge in [0.2, 0.25) is 0 Å². The van der Waals surface area contributed by atoms with Crippen molar-refractivity contribution in [3.05, 3.63) is 56.5 Å². The summed E-state index contributed by atoms with van der Waals surface area (Å²) in [4.78, 5) is 41.2. The monoisotopic (exact) mass is 342 g/mol. The van der Waals surface area contributed by atoms with Crippen molar-refractivity contribution in [3.8, 4) is 5.75 Å². The second-order valence-corrected chi connectivity index (χ2v) is 5.88. The molecule has 0 aliphatic carbocycles. The maximum atomic E-state index is 12.7. The van der Waals surface area contributed by atoms with Gasteiger partial charge in [0.15, 0.2) is 16.9 Å². The number of hydrogen-bond acceptors (Lipinski definition) is 5. The summed E-state index contributed by atoms with van der Waals surface area (Å²) in [6, 6.07) is 5.33. The first-order chi connectivity index (χ1) is 11.8. The number of hydrogen-bond donors (Lipinski definition) is 0. The molecule has 0 unspecified atom stereocenters. The standard InChI is InChI=1S/C17H18N4O4/c1-10-5-6-13(25-4)11(7-10)12(22)8-21-9-18-15-14(21)16(23)20(3)17(24)19(15)2/h5-7,9H,8H2,1-4H3. The van der Waals surface area contributed by atoms with Crippen molar-refractivity contribution in [1.82, 2.24) is 18.7 Å². The zero-order chi connectivity index (χ0) is 18.3. The number of ketones is 1. The van der Waals surface area contributed by atoms with Crippen LogP contribution in [-0.4, -0.2) is 31.6 Å². The molecule has 8 nitrogen and oxygen atoms in total. The highest BCUT2D eigenvalue weighted by molar-refractivity contribution is 5.99. The Balaban J connectivity index is 2.11. The summed E-state index contributed by atoms with van der Waals surface area (Å²) in [6.07, 6.45) is 1.39. The molecular weight excluding hydrogens is 324 g/mol. The van der Waals surface area contributed by atoms with E-state index in [1.807, 2.05) is 13.0 Å². The van der Waals surface area contributed by atoms with Crippen LogP contribution in [-0.2, 0) is 20.6 Å². The van der Waals surface area contributed by atoms with Gasteiger partial charge in [-0.1, -0.05) is 11.6 Å². The molecular formula is C17H18N4O4. The molecule has 0 amide bonds. The Hall–Kier alpha value is -3.16. The molecule has 0 radical (unpaired) electrons. The van der Waals surface area contributed by atoms with Crippen molar-refractivity contribution < 1.29 is 9.53 Å². The van der Waals surface area contributed by atoms with Crippen LogP contribution in [0.5, 0.6) is 5.75 Å². The Morgan fingerprint density at radius 2 is 1.92 bits per heavy atom. The minimum Gasteiger partial charge on any atom is -0.496 e. The Labute approximate surface area is 142 Å². The van der Waals surface area contributed by atoms with Crippen molar-refractivity contribution in [2.75, 3.05) is 7.11 Å². The van der Waals surface area contributed by atoms with E-state index < -0.39 is 11.2 Å². The highest BCUT2D eigenvalue weighted by Gasteiger charge is 2.18. The molecule has 8 heteroatoms. The number of Topliss-reactive ketones (excluding diaryl/α,β-unsaturated/α-hetero) is 1. The Kier molecular flexibility index (Phi) is 4.03. The van der Waals surface area contributed by atoms with E-state index in [0.29, 0.717) is 11.3 Å². The average Bonchev–Trinajstić information content (AvgIpc) is 3.01. The largest absolute Gasteiger partial charge is 0.496 e. The number of carbonyl (C=O) groups is 1. The fraction of sp³-hybridized carbons (Fsp3) is 0.294. The number of methoxy groups -OCH3 is 1. The quantitative estimate of drug-likeness (QED) is 0.649. The fourth-order valence-corrected chi connectivity index (χ4v) is 2.80. The lowest BCUT2D eigenvalue weighted by atomic mass is 10.1. The number of fused-ring (bicyclic) bond motifs is 1. The van der Waals surface area contributed by atoms with Crippen molar-refractivity contribution in [2.45, 2.75) is 13.5 Å². The van der Waals surface area contributed by atoms with Gasteiger partial charge in [-0.2, -0.15) is 0 Å². The molecule has 1 aromatic carbocycles. The summed E-state index contributed by atoms with van der Waals surface area (Å²) in [6.45, 7) is 1.80. The summed E-state index contributed by atoms with van der Waals surface area (Å²) in [5.74, 6) is 0.260. The smallest absolute Gasteiger partial charge is 0.332 e. The molecule has 25 heavy (non-hydrogen) atoms. The SMILES string of the molecule is COc1ccc(C)cc1C(=O)Cn1cnc2c1c(=O)n(C)c(=O)n2C. The maximum absolute atomic E-state index is 12.7. The molecule has 3 aromatic rings. The van der Waals surface area contributed by atoms with Gasteiger partial charge in [-0.25, -0.2) is 9.78 Å². The molecule has 0 atom stereocenters. The van der Waals surface area contributed by atoms with Crippen molar-refractivity contribution >= 4 is 16.9 Å². The van der Waals surface area contributed by atoms with Crippen molar-refractivity contribution in [2.24, 2.45) is 14.1 Å². The molecule has 2 heterocycles. The number of aromatic nitrogens is 4. The number of nitrogens with zero attached hydrogens (tertiary/aromatic N) is 4. The van der Waals surface area contributed by atoms with Crippen LogP contribution in [0.4, 0.5) is 0 Å². The summed E-state index contributed by atoms with van der Waals surface area (Å²) >= 11 is 0. The van der Waals surface area contributed by atoms with Gasteiger partial charge in [-0.15, -0.1) is 0 Å². The van der Waals surface area contributed by atoms with Gasteiger partial charge in [0, 0.05) is 14.1 Å². The Bertz CT molecular complexity index is 1100. The second kappa shape index (κ2) is 6.04. The molecule has 0 aliphatic heterocycles. The predicted octanol–water partition coefficient (Wildman–Crippen LogP) is 0.634. The molecule has 130 valence electrons. The van der Waals surface area contributed by atoms with E-state index >= 15 is 0 Å². The van der Waals surface area contributed by atoms with Crippen LogP contribution < -0.4 is 16.0 Å². The van der Waals surface area contributed by atoms with Gasteiger partial charge in [0.05, 0.1) is 25.5 Å². The first kappa shape index (κ1) is 16.7. The lowest BCUT2D eigenvalue weighted by Crippen LogP contribution is -2.37. The minimum atomic E-state index is -0.486. The van der Waals surface area contributed by atoms with Crippen LogP contribution in [0.2, 0.25) is 0 Å². The van der Waals surface area contributed by atoms with Gasteiger partial charge < -0.3 is 9.30 Å². The maximum Gasteiger partial charge on any atom is 0.332 e. The first-order valence-electron chi connectivity index (χ1n) is 7.64. The first-order valence-corrected chi connectivity index (χ1v) is 7.64. The van der Waals surface area contributed by atoms with Crippen LogP contribution >= 0.6 is 0 Å². The summed E-state index contributed by atoms with van der Waals surface area (Å²) in [7, 11) is 4.43. The van der Waals surface area contributed by atoms with Crippen LogP contribution in [0.25, 0.3) is 11.2 Å². The number of aryl methyl sites for hydroxylation is 2. The molecule has 2 aromatic heterocycles. The van der Waals surface area contributed by atoms with Crippen LogP contribution in [0, 0.1) is 6.92 Å².